The Morgan fingerprint density at radius 2 is 1.83 bits per heavy atom. The van der Waals surface area contributed by atoms with Crippen LogP contribution in [0.1, 0.15) is 48.9 Å². The van der Waals surface area contributed by atoms with Crippen molar-refractivity contribution >= 4 is 15.9 Å². The van der Waals surface area contributed by atoms with Crippen LogP contribution in [0.15, 0.2) is 12.4 Å². The number of sulfonamides is 1. The van der Waals surface area contributed by atoms with E-state index in [1.165, 1.54) is 6.26 Å². The Labute approximate surface area is 143 Å². The van der Waals surface area contributed by atoms with Gasteiger partial charge in [-0.3, -0.25) is 9.48 Å². The Balaban J connectivity index is 1.69. The number of carbonyl (C=O) groups is 1. The molecule has 24 heavy (non-hydrogen) atoms. The summed E-state index contributed by atoms with van der Waals surface area (Å²) in [6.45, 7) is 1.27. The van der Waals surface area contributed by atoms with Gasteiger partial charge in [-0.15, -0.1) is 0 Å². The first kappa shape index (κ1) is 17.4. The van der Waals surface area contributed by atoms with Crippen molar-refractivity contribution in [3.63, 3.8) is 0 Å². The number of carbonyl (C=O) groups excluding carboxylic acids is 1. The average molecular weight is 354 g/mol. The molecular weight excluding hydrogens is 328 g/mol. The van der Waals surface area contributed by atoms with Crippen LogP contribution in [0.3, 0.4) is 0 Å². The summed E-state index contributed by atoms with van der Waals surface area (Å²) in [5, 5.41) is 4.05. The summed E-state index contributed by atoms with van der Waals surface area (Å²) in [6, 6.07) is 0.169. The highest BCUT2D eigenvalue weighted by molar-refractivity contribution is 7.88. The molecule has 0 radical (unpaired) electrons. The zero-order valence-electron chi connectivity index (χ0n) is 14.4. The van der Waals surface area contributed by atoms with Crippen molar-refractivity contribution in [2.24, 2.45) is 7.05 Å². The van der Waals surface area contributed by atoms with Gasteiger partial charge in [0.25, 0.3) is 5.91 Å². The van der Waals surface area contributed by atoms with Crippen molar-refractivity contribution < 1.29 is 13.2 Å². The molecule has 2 aliphatic rings. The van der Waals surface area contributed by atoms with Crippen molar-refractivity contribution in [1.82, 2.24) is 19.0 Å². The lowest BCUT2D eigenvalue weighted by molar-refractivity contribution is 0.0757. The summed E-state index contributed by atoms with van der Waals surface area (Å²) in [4.78, 5) is 14.4. The normalized spacial score (nSPS) is 23.1. The van der Waals surface area contributed by atoms with Crippen molar-refractivity contribution in [2.45, 2.75) is 50.6 Å². The highest BCUT2D eigenvalue weighted by atomic mass is 32.2. The van der Waals surface area contributed by atoms with Crippen molar-refractivity contribution in [1.29, 1.82) is 0 Å². The topological polar surface area (TPSA) is 75.5 Å². The van der Waals surface area contributed by atoms with E-state index in [0.717, 1.165) is 32.1 Å². The van der Waals surface area contributed by atoms with Gasteiger partial charge in [-0.2, -0.15) is 9.40 Å². The first-order chi connectivity index (χ1) is 11.4. The number of aromatic nitrogens is 2. The van der Waals surface area contributed by atoms with Crippen LogP contribution in [0.2, 0.25) is 0 Å². The number of likely N-dealkylation sites (tertiary alicyclic amines) is 1. The molecule has 134 valence electrons. The van der Waals surface area contributed by atoms with Gasteiger partial charge in [0, 0.05) is 38.4 Å². The van der Waals surface area contributed by atoms with E-state index in [1.807, 2.05) is 4.90 Å². The van der Waals surface area contributed by atoms with Crippen LogP contribution in [0, 0.1) is 0 Å². The monoisotopic (exact) mass is 354 g/mol. The highest BCUT2D eigenvalue weighted by Crippen LogP contribution is 2.32. The maximum Gasteiger partial charge on any atom is 0.257 e. The summed E-state index contributed by atoms with van der Waals surface area (Å²) < 4.78 is 27.9. The van der Waals surface area contributed by atoms with E-state index in [0.29, 0.717) is 25.1 Å². The number of nitrogens with zero attached hydrogens (tertiary/aromatic N) is 4. The third kappa shape index (κ3) is 3.64. The molecule has 3 rings (SSSR count). The summed E-state index contributed by atoms with van der Waals surface area (Å²) in [5.74, 6) is -0.0155. The molecule has 1 aromatic heterocycles. The van der Waals surface area contributed by atoms with Gasteiger partial charge in [0.2, 0.25) is 10.0 Å². The third-order valence-electron chi connectivity index (χ3n) is 5.11. The summed E-state index contributed by atoms with van der Waals surface area (Å²) in [5.41, 5.74) is 0.593. The van der Waals surface area contributed by atoms with Gasteiger partial charge in [-0.25, -0.2) is 8.42 Å². The first-order valence-electron chi connectivity index (χ1n) is 8.62. The van der Waals surface area contributed by atoms with Crippen LogP contribution in [-0.4, -0.2) is 64.7 Å². The predicted molar refractivity (Wildman–Crippen MR) is 91.1 cm³/mol. The second-order valence-corrected chi connectivity index (χ2v) is 8.84. The molecule has 7 nitrogen and oxygen atoms in total. The molecule has 1 aliphatic heterocycles. The molecule has 1 saturated carbocycles. The fourth-order valence-corrected chi connectivity index (χ4v) is 5.24. The molecule has 1 aliphatic carbocycles. The quantitative estimate of drug-likeness (QED) is 0.815. The molecule has 1 saturated heterocycles. The van der Waals surface area contributed by atoms with E-state index in [4.69, 9.17) is 0 Å². The van der Waals surface area contributed by atoms with E-state index >= 15 is 0 Å². The average Bonchev–Trinajstić information content (AvgIpc) is 2.75. The zero-order chi connectivity index (χ0) is 17.3. The van der Waals surface area contributed by atoms with Crippen LogP contribution in [0.4, 0.5) is 0 Å². The third-order valence-corrected chi connectivity index (χ3v) is 6.48. The lowest BCUT2D eigenvalue weighted by Crippen LogP contribution is -2.50. The van der Waals surface area contributed by atoms with Crippen molar-refractivity contribution in [2.75, 3.05) is 19.3 Å². The lowest BCUT2D eigenvalue weighted by Gasteiger charge is -2.40. The lowest BCUT2D eigenvalue weighted by atomic mass is 9.91. The van der Waals surface area contributed by atoms with Gasteiger partial charge in [-0.1, -0.05) is 6.42 Å². The Morgan fingerprint density at radius 3 is 2.38 bits per heavy atom. The number of rotatable bonds is 4. The van der Waals surface area contributed by atoms with E-state index in [2.05, 4.69) is 5.10 Å². The fourth-order valence-electron chi connectivity index (χ4n) is 3.73. The Morgan fingerprint density at radius 1 is 1.17 bits per heavy atom. The summed E-state index contributed by atoms with van der Waals surface area (Å²) in [7, 11) is -1.42. The standard InChI is InChI=1S/C16H26N4O3S/c1-18-12-13(11-17-18)16(21)19-9-4-7-15(8-10-19)20(24(2,22)23)14-5-3-6-14/h11-12,14-15H,3-10H2,1-2H3/t15-/m1/s1. The van der Waals surface area contributed by atoms with Gasteiger partial charge in [0.15, 0.2) is 0 Å². The maximum absolute atomic E-state index is 12.6. The number of amides is 1. The predicted octanol–water partition coefficient (Wildman–Crippen LogP) is 1.23. The minimum absolute atomic E-state index is 0.0111. The van der Waals surface area contributed by atoms with E-state index < -0.39 is 10.0 Å². The van der Waals surface area contributed by atoms with Gasteiger partial charge in [0.1, 0.15) is 0 Å². The Bertz CT molecular complexity index is 696. The molecule has 0 spiro atoms. The van der Waals surface area contributed by atoms with Crippen LogP contribution >= 0.6 is 0 Å². The van der Waals surface area contributed by atoms with Gasteiger partial charge >= 0.3 is 0 Å². The smallest absolute Gasteiger partial charge is 0.257 e. The first-order valence-corrected chi connectivity index (χ1v) is 10.5. The molecule has 0 bridgehead atoms. The van der Waals surface area contributed by atoms with Crippen LogP contribution in [0.5, 0.6) is 0 Å². The molecular formula is C16H26N4O3S. The molecule has 1 amide bonds. The molecule has 8 heteroatoms. The van der Waals surface area contributed by atoms with Crippen LogP contribution < -0.4 is 0 Å². The van der Waals surface area contributed by atoms with E-state index in [1.54, 1.807) is 28.4 Å². The van der Waals surface area contributed by atoms with Gasteiger partial charge < -0.3 is 4.90 Å². The molecule has 0 N–H and O–H groups in total. The second kappa shape index (κ2) is 6.84. The number of hydrogen-bond donors (Lipinski definition) is 0. The number of aryl methyl sites for hydroxylation is 1. The van der Waals surface area contributed by atoms with E-state index in [-0.39, 0.29) is 18.0 Å². The molecule has 2 heterocycles. The number of hydrogen-bond acceptors (Lipinski definition) is 4. The van der Waals surface area contributed by atoms with Crippen molar-refractivity contribution in [3.8, 4) is 0 Å². The van der Waals surface area contributed by atoms with Crippen molar-refractivity contribution in [3.05, 3.63) is 18.0 Å². The minimum atomic E-state index is -3.21. The summed E-state index contributed by atoms with van der Waals surface area (Å²) in [6.07, 6.45) is 10.0. The zero-order valence-corrected chi connectivity index (χ0v) is 15.2. The van der Waals surface area contributed by atoms with Crippen LogP contribution in [0.25, 0.3) is 0 Å². The maximum atomic E-state index is 12.6. The SMILES string of the molecule is Cn1cc(C(=O)N2CCC[C@@H](N(C3CCC3)S(C)(=O)=O)CC2)cn1. The molecule has 0 aromatic carbocycles. The van der Waals surface area contributed by atoms with Gasteiger partial charge in [-0.05, 0) is 32.1 Å². The molecule has 0 unspecified atom stereocenters. The summed E-state index contributed by atoms with van der Waals surface area (Å²) >= 11 is 0. The van der Waals surface area contributed by atoms with Crippen LogP contribution in [-0.2, 0) is 17.1 Å². The van der Waals surface area contributed by atoms with Gasteiger partial charge in [0.05, 0.1) is 18.0 Å². The second-order valence-electron chi connectivity index (χ2n) is 6.96. The van der Waals surface area contributed by atoms with E-state index in [9.17, 15) is 13.2 Å². The highest BCUT2D eigenvalue weighted by Gasteiger charge is 2.37. The largest absolute Gasteiger partial charge is 0.338 e. The molecule has 1 atom stereocenters. The Kier molecular flexibility index (Phi) is 4.96. The Hall–Kier alpha value is -1.41. The minimum Gasteiger partial charge on any atom is -0.338 e. The molecule has 2 fully saturated rings. The fraction of sp³-hybridized carbons (Fsp3) is 0.750. The molecule has 1 aromatic rings.